The maximum atomic E-state index is 4.84. The fourth-order valence-corrected chi connectivity index (χ4v) is 17.0. The average Bonchev–Trinajstić information content (AvgIpc) is 1.87. The average molecular weight is 1150 g/mol. The molecule has 0 spiro atoms. The molecule has 10 aromatic carbocycles. The van der Waals surface area contributed by atoms with Crippen molar-refractivity contribution in [3.63, 3.8) is 0 Å². The van der Waals surface area contributed by atoms with Crippen molar-refractivity contribution in [3.8, 4) is 78.1 Å². The zero-order chi connectivity index (χ0) is 58.5. The summed E-state index contributed by atoms with van der Waals surface area (Å²) in [6.45, 7) is 29.0. The van der Waals surface area contributed by atoms with Crippen LogP contribution >= 0.6 is 0 Å². The first-order valence-corrected chi connectivity index (χ1v) is 43.9. The molecule has 13 rings (SSSR count). The summed E-state index contributed by atoms with van der Waals surface area (Å²) in [5.74, 6) is 0. The molecule has 0 saturated carbocycles. The number of benzene rings is 10. The van der Waals surface area contributed by atoms with Gasteiger partial charge in [-0.05, 0) is 134 Å². The maximum Gasteiger partial charge on any atom is 0.0775 e. The van der Waals surface area contributed by atoms with Crippen LogP contribution in [0, 0.1) is 0 Å². The smallest absolute Gasteiger partial charge is 0.0775 e. The first-order valence-electron chi connectivity index (χ1n) is 29.9. The number of rotatable bonds is 12. The Morgan fingerprint density at radius 2 is 0.417 bits per heavy atom. The van der Waals surface area contributed by atoms with E-state index in [-0.39, 0.29) is 0 Å². The molecular formula is C77H75N3Si4. The van der Waals surface area contributed by atoms with Crippen molar-refractivity contribution in [2.45, 2.75) is 78.6 Å². The Morgan fingerprint density at radius 3 is 0.643 bits per heavy atom. The van der Waals surface area contributed by atoms with Crippen LogP contribution in [0.1, 0.15) is 0 Å². The minimum Gasteiger partial charge on any atom is -0.309 e. The largest absolute Gasteiger partial charge is 0.309 e. The van der Waals surface area contributed by atoms with Gasteiger partial charge in [-0.3, -0.25) is 4.98 Å². The van der Waals surface area contributed by atoms with Gasteiger partial charge in [-0.2, -0.15) is 0 Å². The van der Waals surface area contributed by atoms with Crippen molar-refractivity contribution < 1.29 is 0 Å². The molecule has 0 aliphatic rings. The molecule has 0 unspecified atom stereocenters. The molecule has 0 saturated heterocycles. The molecule has 0 aliphatic carbocycles. The first-order chi connectivity index (χ1) is 40.1. The Labute approximate surface area is 501 Å². The standard InChI is InChI=1S/C77H75N3Si4/c1-81(2,3)66-33-17-52(18-34-66)58-25-41-74-70(46-58)71-47-59(53-19-35-67(36-20-53)82(4,5)6)26-42-75(71)79(74)64-29-13-56(14-30-64)62-45-63(51-78-50-62)57-15-31-65(32-16-57)80-76-43-27-60(54-21-37-68(38-22-54)83(7,8)9)48-72(76)73-49-61(28-44-77(73)80)55-23-39-69(40-24-55)84(10,11)12/h13-51H,1-12H3. The lowest BCUT2D eigenvalue weighted by Crippen LogP contribution is -2.37. The van der Waals surface area contributed by atoms with Crippen molar-refractivity contribution in [2.24, 2.45) is 0 Å². The van der Waals surface area contributed by atoms with E-state index in [0.29, 0.717) is 0 Å². The summed E-state index contributed by atoms with van der Waals surface area (Å²) in [5.41, 5.74) is 21.4. The fraction of sp³-hybridized carbons (Fsp3) is 0.156. The molecule has 0 amide bonds. The lowest BCUT2D eigenvalue weighted by atomic mass is 10.0. The summed E-state index contributed by atoms with van der Waals surface area (Å²) in [7, 11) is -5.69. The predicted molar refractivity (Wildman–Crippen MR) is 377 cm³/mol. The third-order valence-corrected chi connectivity index (χ3v) is 25.8. The van der Waals surface area contributed by atoms with Crippen molar-refractivity contribution in [1.82, 2.24) is 14.1 Å². The number of hydrogen-bond donors (Lipinski definition) is 0. The van der Waals surface area contributed by atoms with E-state index in [2.05, 4.69) is 312 Å². The number of fused-ring (bicyclic) bond motifs is 6. The zero-order valence-corrected chi connectivity index (χ0v) is 54.9. The highest BCUT2D eigenvalue weighted by molar-refractivity contribution is 6.90. The Bertz CT molecular complexity index is 4090. The Morgan fingerprint density at radius 1 is 0.214 bits per heavy atom. The van der Waals surface area contributed by atoms with Crippen LogP contribution in [0.5, 0.6) is 0 Å². The van der Waals surface area contributed by atoms with E-state index < -0.39 is 32.3 Å². The lowest BCUT2D eigenvalue weighted by molar-refractivity contribution is 1.18. The van der Waals surface area contributed by atoms with Crippen molar-refractivity contribution in [1.29, 1.82) is 0 Å². The molecule has 0 radical (unpaired) electrons. The Kier molecular flexibility index (Phi) is 13.7. The molecule has 0 aliphatic heterocycles. The molecule has 0 N–H and O–H groups in total. The molecule has 0 bridgehead atoms. The van der Waals surface area contributed by atoms with E-state index in [1.54, 1.807) is 0 Å². The highest BCUT2D eigenvalue weighted by atomic mass is 28.3. The Hall–Kier alpha value is -8.18. The van der Waals surface area contributed by atoms with Crippen LogP contribution in [-0.4, -0.2) is 46.4 Å². The third kappa shape index (κ3) is 10.4. The highest BCUT2D eigenvalue weighted by Crippen LogP contribution is 2.40. The molecule has 3 aromatic heterocycles. The van der Waals surface area contributed by atoms with Gasteiger partial charge in [0.05, 0.1) is 54.4 Å². The van der Waals surface area contributed by atoms with E-state index in [1.807, 2.05) is 12.4 Å². The minimum absolute atomic E-state index is 1.08. The van der Waals surface area contributed by atoms with Crippen LogP contribution in [0.2, 0.25) is 78.6 Å². The van der Waals surface area contributed by atoms with Crippen LogP contribution in [0.4, 0.5) is 0 Å². The number of hydrogen-bond acceptors (Lipinski definition) is 1. The number of nitrogens with zero attached hydrogens (tertiary/aromatic N) is 3. The van der Waals surface area contributed by atoms with Gasteiger partial charge in [0, 0.05) is 56.4 Å². The fourth-order valence-electron chi connectivity index (χ4n) is 12.3. The van der Waals surface area contributed by atoms with Crippen LogP contribution < -0.4 is 20.7 Å². The second-order valence-electron chi connectivity index (χ2n) is 27.5. The first kappa shape index (κ1) is 55.0. The van der Waals surface area contributed by atoms with Gasteiger partial charge in [0.2, 0.25) is 0 Å². The van der Waals surface area contributed by atoms with Gasteiger partial charge in [-0.1, -0.05) is 245 Å². The summed E-state index contributed by atoms with van der Waals surface area (Å²) in [6.07, 6.45) is 3.98. The summed E-state index contributed by atoms with van der Waals surface area (Å²) < 4.78 is 4.88. The van der Waals surface area contributed by atoms with E-state index >= 15 is 0 Å². The normalized spacial score (nSPS) is 12.5. The molecular weight excluding hydrogens is 1080 g/mol. The van der Waals surface area contributed by atoms with Crippen molar-refractivity contribution in [2.75, 3.05) is 0 Å². The van der Waals surface area contributed by atoms with E-state index in [0.717, 1.165) is 33.6 Å². The summed E-state index contributed by atoms with van der Waals surface area (Å²) in [4.78, 5) is 4.84. The second-order valence-corrected chi connectivity index (χ2v) is 47.8. The number of pyridine rings is 1. The monoisotopic (exact) mass is 1150 g/mol. The van der Waals surface area contributed by atoms with Gasteiger partial charge < -0.3 is 9.13 Å². The molecule has 0 atom stereocenters. The van der Waals surface area contributed by atoms with Crippen molar-refractivity contribution in [3.05, 3.63) is 237 Å². The molecule has 84 heavy (non-hydrogen) atoms. The highest BCUT2D eigenvalue weighted by Gasteiger charge is 2.22. The maximum absolute atomic E-state index is 4.84. The van der Waals surface area contributed by atoms with Crippen LogP contribution in [0.25, 0.3) is 122 Å². The van der Waals surface area contributed by atoms with E-state index in [4.69, 9.17) is 4.98 Å². The summed E-state index contributed by atoms with van der Waals surface area (Å²) >= 11 is 0. The topological polar surface area (TPSA) is 22.8 Å². The van der Waals surface area contributed by atoms with Gasteiger partial charge >= 0.3 is 0 Å². The van der Waals surface area contributed by atoms with Gasteiger partial charge in [0.25, 0.3) is 0 Å². The van der Waals surface area contributed by atoms with Gasteiger partial charge in [-0.25, -0.2) is 0 Å². The summed E-state index contributed by atoms with van der Waals surface area (Å²) in [6, 6.07) is 85.8. The minimum atomic E-state index is -1.42. The van der Waals surface area contributed by atoms with E-state index in [1.165, 1.54) is 109 Å². The van der Waals surface area contributed by atoms with Gasteiger partial charge in [0.15, 0.2) is 0 Å². The summed E-state index contributed by atoms with van der Waals surface area (Å²) in [5, 5.41) is 10.9. The molecule has 3 heterocycles. The molecule has 13 aromatic rings. The van der Waals surface area contributed by atoms with Crippen LogP contribution in [0.3, 0.4) is 0 Å². The van der Waals surface area contributed by atoms with Crippen LogP contribution in [-0.2, 0) is 0 Å². The molecule has 3 nitrogen and oxygen atoms in total. The van der Waals surface area contributed by atoms with Gasteiger partial charge in [0.1, 0.15) is 0 Å². The quantitative estimate of drug-likeness (QED) is 0.112. The predicted octanol–water partition coefficient (Wildman–Crippen LogP) is 19.5. The van der Waals surface area contributed by atoms with Crippen LogP contribution in [0.15, 0.2) is 237 Å². The Balaban J connectivity index is 0.833. The third-order valence-electron chi connectivity index (χ3n) is 17.5. The van der Waals surface area contributed by atoms with E-state index in [9.17, 15) is 0 Å². The molecule has 7 heteroatoms. The van der Waals surface area contributed by atoms with Crippen molar-refractivity contribution >= 4 is 96.7 Å². The molecule has 0 fully saturated rings. The zero-order valence-electron chi connectivity index (χ0n) is 50.9. The molecule has 414 valence electrons. The number of aromatic nitrogens is 3. The lowest BCUT2D eigenvalue weighted by Gasteiger charge is -2.17. The second kappa shape index (κ2) is 20.9. The SMILES string of the molecule is C[Si](C)(C)c1ccc(-c2ccc3c(c2)c2cc(-c4ccc([Si](C)(C)C)cc4)ccc2n3-c2ccc(-c3cncc(-c4ccc(-n5c6ccc(-c7ccc([Si](C)(C)C)cc7)cc6c6cc(-c7ccc([Si](C)(C)C)cc7)ccc65)cc4)c3)cc2)cc1. The van der Waals surface area contributed by atoms with Gasteiger partial charge in [-0.15, -0.1) is 0 Å².